The van der Waals surface area contributed by atoms with Crippen LogP contribution in [0.2, 0.25) is 0 Å². The van der Waals surface area contributed by atoms with E-state index in [1.165, 1.54) is 0 Å². The van der Waals surface area contributed by atoms with E-state index in [0.717, 1.165) is 0 Å². The zero-order chi connectivity index (χ0) is 24.6. The van der Waals surface area contributed by atoms with E-state index in [0.29, 0.717) is 32.1 Å². The molecule has 4 radical (unpaired) electrons. The summed E-state index contributed by atoms with van der Waals surface area (Å²) in [7, 11) is 20.5. The Balaban J connectivity index is 0.000000234. The molecule has 4 aliphatic rings. The van der Waals surface area contributed by atoms with E-state index in [4.69, 9.17) is 49.8 Å². The Kier molecular flexibility index (Phi) is 9.88. The molecule has 4 heterocycles. The molecule has 0 amide bonds. The quantitative estimate of drug-likeness (QED) is 0.231. The minimum absolute atomic E-state index is 0. The van der Waals surface area contributed by atoms with E-state index >= 15 is 0 Å². The van der Waals surface area contributed by atoms with Crippen molar-refractivity contribution in [3.05, 3.63) is 12.4 Å². The molecule has 4 fully saturated rings. The van der Waals surface area contributed by atoms with Crippen molar-refractivity contribution in [3.8, 4) is 0 Å². The number of nitrogens with one attached hydrogen (secondary N) is 1. The number of ether oxygens (including phenoxy) is 6. The van der Waals surface area contributed by atoms with Crippen LogP contribution in [0, 0.1) is 0 Å². The van der Waals surface area contributed by atoms with Crippen LogP contribution < -0.4 is 16.8 Å². The van der Waals surface area contributed by atoms with Crippen LogP contribution in [0.3, 0.4) is 0 Å². The van der Waals surface area contributed by atoms with Gasteiger partial charge < -0.3 is 44.8 Å². The Morgan fingerprint density at radius 2 is 1.53 bits per heavy atom. The molecule has 3 unspecified atom stereocenters. The van der Waals surface area contributed by atoms with Crippen molar-refractivity contribution >= 4 is 15.7 Å². The number of rotatable bonds is 9. The Bertz CT molecular complexity index is 698. The van der Waals surface area contributed by atoms with Crippen molar-refractivity contribution in [2.45, 2.75) is 61.2 Å². The van der Waals surface area contributed by atoms with Gasteiger partial charge in [0.2, 0.25) is 0 Å². The lowest BCUT2D eigenvalue weighted by Crippen LogP contribution is -2.77. The zero-order valence-corrected chi connectivity index (χ0v) is 20.4. The third-order valence-corrected chi connectivity index (χ3v) is 7.09. The highest BCUT2D eigenvalue weighted by Gasteiger charge is 2.64. The summed E-state index contributed by atoms with van der Waals surface area (Å²) >= 11 is 0. The van der Waals surface area contributed by atoms with Crippen molar-refractivity contribution < 1.29 is 34.2 Å². The number of morpholine rings is 2. The zero-order valence-electron chi connectivity index (χ0n) is 20.4. The van der Waals surface area contributed by atoms with Crippen molar-refractivity contribution in [1.82, 2.24) is 15.1 Å². The van der Waals surface area contributed by atoms with Crippen LogP contribution in [0.4, 0.5) is 0 Å². The number of likely N-dealkylation sites (tertiary alicyclic amines) is 2. The molecule has 0 aliphatic carbocycles. The summed E-state index contributed by atoms with van der Waals surface area (Å²) < 4.78 is 33.1. The molecule has 0 aromatic rings. The van der Waals surface area contributed by atoms with Gasteiger partial charge in [0, 0.05) is 47.0 Å². The number of hydrogen-bond acceptors (Lipinski definition) is 10. The second-order valence-corrected chi connectivity index (χ2v) is 9.05. The normalized spacial score (nSPS) is 41.2. The van der Waals surface area contributed by atoms with E-state index < -0.39 is 17.2 Å². The van der Waals surface area contributed by atoms with Crippen molar-refractivity contribution in [2.24, 2.45) is 5.73 Å². The van der Waals surface area contributed by atoms with Crippen LogP contribution in [-0.4, -0.2) is 141 Å². The molecular formula is C21H42B2N5O6+. The van der Waals surface area contributed by atoms with Crippen LogP contribution in [0.1, 0.15) is 7.43 Å². The molecular weight excluding hydrogens is 440 g/mol. The summed E-state index contributed by atoms with van der Waals surface area (Å²) in [5, 5.41) is 3.12. The van der Waals surface area contributed by atoms with Gasteiger partial charge in [-0.05, 0) is 7.05 Å². The first-order valence-corrected chi connectivity index (χ1v) is 11.0. The fraction of sp³-hybridized carbons (Fsp3) is 0.905. The first-order valence-electron chi connectivity index (χ1n) is 11.0. The van der Waals surface area contributed by atoms with Crippen LogP contribution in [0.15, 0.2) is 12.4 Å². The van der Waals surface area contributed by atoms with E-state index in [2.05, 4.69) is 22.5 Å². The maximum atomic E-state index is 6.03. The number of nitrogens with two attached hydrogens (primary N) is 1. The van der Waals surface area contributed by atoms with E-state index in [1.54, 1.807) is 28.4 Å². The molecule has 4 aliphatic heterocycles. The van der Waals surface area contributed by atoms with Gasteiger partial charge in [-0.15, -0.1) is 0 Å². The average Bonchev–Trinajstić information content (AvgIpc) is 3.43. The first kappa shape index (κ1) is 29.3. The second-order valence-electron chi connectivity index (χ2n) is 9.05. The average molecular weight is 482 g/mol. The lowest BCUT2D eigenvalue weighted by atomic mass is 9.90. The van der Waals surface area contributed by atoms with Crippen molar-refractivity contribution in [1.29, 1.82) is 0 Å². The van der Waals surface area contributed by atoms with Gasteiger partial charge in [-0.2, -0.15) is 0 Å². The monoisotopic (exact) mass is 482 g/mol. The van der Waals surface area contributed by atoms with Gasteiger partial charge >= 0.3 is 0 Å². The van der Waals surface area contributed by atoms with Crippen molar-refractivity contribution in [2.75, 3.05) is 61.8 Å². The minimum Gasteiger partial charge on any atom is -0.386 e. The molecule has 4 saturated heterocycles. The maximum Gasteiger partial charge on any atom is 0.198 e. The Hall–Kier alpha value is -0.890. The van der Waals surface area contributed by atoms with Gasteiger partial charge in [-0.1, -0.05) is 14.0 Å². The van der Waals surface area contributed by atoms with E-state index in [1.807, 2.05) is 11.9 Å². The molecule has 192 valence electrons. The van der Waals surface area contributed by atoms with Crippen LogP contribution >= 0.6 is 0 Å². The molecule has 0 spiro atoms. The summed E-state index contributed by atoms with van der Waals surface area (Å²) in [6.07, 6.45) is -0.218. The summed E-state index contributed by atoms with van der Waals surface area (Å²) in [5.74, 6) is 0.490. The molecule has 6 N–H and O–H groups in total. The third-order valence-electron chi connectivity index (χ3n) is 7.09. The highest BCUT2D eigenvalue weighted by molar-refractivity contribution is 6.12. The predicted octanol–water partition coefficient (Wildman–Crippen LogP) is -3.00. The predicted molar refractivity (Wildman–Crippen MR) is 129 cm³/mol. The number of hydrogen-bond donors (Lipinski definition) is 3. The summed E-state index contributed by atoms with van der Waals surface area (Å²) in [5.41, 5.74) is 8.80. The molecule has 34 heavy (non-hydrogen) atoms. The van der Waals surface area contributed by atoms with E-state index in [9.17, 15) is 0 Å². The molecule has 0 aromatic heterocycles. The number of nitrogens with zero attached hydrogens (tertiary/aromatic N) is 2. The second kappa shape index (κ2) is 11.4. The number of fused-ring (bicyclic) bond motifs is 4. The standard InChI is InChI=1S/C10H20BN3O3.C10H17BN2O3.CH4/c1-13-9(12)14-4-10(5-15-2)7(16-3)6(14)8(11)17-10;1-6(12)13-4-10(5-14-2)8(15-3)7(13)9(11)16-10;/h6-9,13H,4-5,12H2,1-3H3;7-9H,1,4-5,12H2,2-3H3;1H4/p+1/t6-,7?,8+,9?,10+;7-,8?,9+,10+;/m00./s1. The molecule has 0 saturated carbocycles. The van der Waals surface area contributed by atoms with Crippen LogP contribution in [0.5, 0.6) is 0 Å². The lowest BCUT2D eigenvalue weighted by molar-refractivity contribution is -0.471. The summed E-state index contributed by atoms with van der Waals surface area (Å²) in [4.78, 5) is 4.11. The SMILES string of the molecule is C.[B][C@@H]1O[C@@]2(COC)CN(C(=C)N)[C@H]1C2OC.[B][C@@H]1O[C@@]2(COC)CN(C([NH3+])NC)[C@H]1C2OC. The smallest absolute Gasteiger partial charge is 0.198 e. The van der Waals surface area contributed by atoms with Crippen LogP contribution in [0.25, 0.3) is 0 Å². The Morgan fingerprint density at radius 3 is 1.97 bits per heavy atom. The molecule has 11 nitrogen and oxygen atoms in total. The van der Waals surface area contributed by atoms with Crippen LogP contribution in [-0.2, 0) is 28.4 Å². The van der Waals surface area contributed by atoms with Gasteiger partial charge in [0.1, 0.15) is 39.1 Å². The highest BCUT2D eigenvalue weighted by atomic mass is 16.6. The largest absolute Gasteiger partial charge is 0.386 e. The first-order chi connectivity index (χ1) is 15.6. The van der Waals surface area contributed by atoms with Gasteiger partial charge in [0.05, 0.1) is 37.7 Å². The Morgan fingerprint density at radius 1 is 1.06 bits per heavy atom. The van der Waals surface area contributed by atoms with Gasteiger partial charge in [0.15, 0.2) is 6.29 Å². The Labute approximate surface area is 206 Å². The fourth-order valence-corrected chi connectivity index (χ4v) is 5.85. The fourth-order valence-electron chi connectivity index (χ4n) is 5.85. The van der Waals surface area contributed by atoms with Gasteiger partial charge in [0.25, 0.3) is 0 Å². The highest BCUT2D eigenvalue weighted by Crippen LogP contribution is 2.44. The topological polar surface area (TPSA) is 128 Å². The number of methoxy groups -OCH3 is 4. The maximum absolute atomic E-state index is 6.03. The lowest BCUT2D eigenvalue weighted by Gasteiger charge is -2.36. The molecule has 0 aromatic carbocycles. The molecule has 4 rings (SSSR count). The third kappa shape index (κ3) is 4.74. The minimum atomic E-state index is -0.532. The summed E-state index contributed by atoms with van der Waals surface area (Å²) in [6.45, 7) is 5.97. The van der Waals surface area contributed by atoms with Gasteiger partial charge in [-0.3, -0.25) is 5.32 Å². The molecule has 4 bridgehead atoms. The molecule has 13 heteroatoms. The summed E-state index contributed by atoms with van der Waals surface area (Å²) in [6, 6.07) is -0.849. The number of quaternary nitrogens is 1. The van der Waals surface area contributed by atoms with Crippen molar-refractivity contribution in [3.63, 3.8) is 0 Å². The molecule has 9 atom stereocenters. The van der Waals surface area contributed by atoms with E-state index in [-0.39, 0.29) is 44.0 Å². The van der Waals surface area contributed by atoms with Gasteiger partial charge in [-0.25, -0.2) is 4.90 Å².